The molecule has 0 heterocycles. The number of hydrogen-bond donors (Lipinski definition) is 0. The summed E-state index contributed by atoms with van der Waals surface area (Å²) in [5.41, 5.74) is 0.477. The van der Waals surface area contributed by atoms with Gasteiger partial charge in [0.2, 0.25) is 0 Å². The van der Waals surface area contributed by atoms with Gasteiger partial charge in [-0.15, -0.1) is 0 Å². The van der Waals surface area contributed by atoms with Crippen molar-refractivity contribution in [2.75, 3.05) is 6.61 Å². The number of carbonyl (C=O) groups is 2. The van der Waals surface area contributed by atoms with Gasteiger partial charge in [-0.1, -0.05) is 72.5 Å². The van der Waals surface area contributed by atoms with Crippen molar-refractivity contribution in [3.63, 3.8) is 0 Å². The van der Waals surface area contributed by atoms with Crippen LogP contribution in [0.4, 0.5) is 0 Å². The summed E-state index contributed by atoms with van der Waals surface area (Å²) in [5, 5.41) is 0. The number of unbranched alkanes of at least 4 members (excludes halogenated alkanes) is 4. The van der Waals surface area contributed by atoms with Gasteiger partial charge in [-0.25, -0.2) is 9.59 Å². The molecule has 146 valence electrons. The molecule has 25 heavy (non-hydrogen) atoms. The highest BCUT2D eigenvalue weighted by Gasteiger charge is 2.10. The Morgan fingerprint density at radius 2 is 1.60 bits per heavy atom. The molecular formula is C21H38O4. The van der Waals surface area contributed by atoms with Crippen LogP contribution in [0.3, 0.4) is 0 Å². The van der Waals surface area contributed by atoms with Crippen molar-refractivity contribution in [3.8, 4) is 0 Å². The van der Waals surface area contributed by atoms with E-state index in [0.717, 1.165) is 44.9 Å². The molecule has 0 aromatic heterocycles. The minimum atomic E-state index is -0.297. The third-order valence-corrected chi connectivity index (χ3v) is 3.52. The Bertz CT molecular complexity index is 374. The monoisotopic (exact) mass is 354 g/mol. The van der Waals surface area contributed by atoms with Gasteiger partial charge >= 0.3 is 11.9 Å². The number of carbonyl (C=O) groups excluding carboxylic acids is 2. The van der Waals surface area contributed by atoms with E-state index in [1.807, 2.05) is 0 Å². The Hall–Kier alpha value is -1.58. The lowest BCUT2D eigenvalue weighted by Gasteiger charge is -2.15. The highest BCUT2D eigenvalue weighted by Crippen LogP contribution is 2.11. The summed E-state index contributed by atoms with van der Waals surface area (Å²) in [6.07, 6.45) is 11.1. The molecule has 0 saturated heterocycles. The first-order valence-corrected chi connectivity index (χ1v) is 9.58. The largest absolute Gasteiger partial charge is 0.462 e. The van der Waals surface area contributed by atoms with Crippen LogP contribution in [0, 0.1) is 0 Å². The molecule has 0 fully saturated rings. The molecule has 4 nitrogen and oxygen atoms in total. The second-order valence-electron chi connectivity index (χ2n) is 6.17. The Morgan fingerprint density at radius 3 is 2.08 bits per heavy atom. The van der Waals surface area contributed by atoms with Crippen LogP contribution in [0.1, 0.15) is 85.5 Å². The summed E-state index contributed by atoms with van der Waals surface area (Å²) in [4.78, 5) is 21.8. The van der Waals surface area contributed by atoms with Crippen LogP contribution in [0.25, 0.3) is 0 Å². The van der Waals surface area contributed by atoms with Crippen LogP contribution in [0.2, 0.25) is 0 Å². The molecule has 0 radical (unpaired) electrons. The normalized spacial score (nSPS) is 10.9. The summed E-state index contributed by atoms with van der Waals surface area (Å²) in [6.45, 7) is 15.5. The second kappa shape index (κ2) is 18.8. The van der Waals surface area contributed by atoms with Crippen molar-refractivity contribution >= 4 is 11.9 Å². The highest BCUT2D eigenvalue weighted by molar-refractivity contribution is 5.86. The average molecular weight is 355 g/mol. The Kier molecular flexibility index (Phi) is 19.2. The van der Waals surface area contributed by atoms with E-state index in [-0.39, 0.29) is 18.0 Å². The van der Waals surface area contributed by atoms with Crippen molar-refractivity contribution in [1.29, 1.82) is 0 Å². The fourth-order valence-corrected chi connectivity index (χ4v) is 2.05. The molecule has 0 aromatic carbocycles. The van der Waals surface area contributed by atoms with E-state index in [0.29, 0.717) is 12.2 Å². The van der Waals surface area contributed by atoms with Crippen molar-refractivity contribution in [1.82, 2.24) is 0 Å². The van der Waals surface area contributed by atoms with Gasteiger partial charge in [0.25, 0.3) is 0 Å². The molecule has 0 bridgehead atoms. The van der Waals surface area contributed by atoms with Gasteiger partial charge in [0, 0.05) is 11.6 Å². The smallest absolute Gasteiger partial charge is 0.333 e. The van der Waals surface area contributed by atoms with E-state index in [2.05, 4.69) is 33.9 Å². The van der Waals surface area contributed by atoms with Crippen LogP contribution < -0.4 is 0 Å². The molecular weight excluding hydrogens is 316 g/mol. The topological polar surface area (TPSA) is 52.6 Å². The van der Waals surface area contributed by atoms with E-state index in [1.165, 1.54) is 18.9 Å². The summed E-state index contributed by atoms with van der Waals surface area (Å²) in [6, 6.07) is 0. The Labute approximate surface area is 154 Å². The van der Waals surface area contributed by atoms with E-state index in [4.69, 9.17) is 9.47 Å². The number of esters is 2. The predicted octanol–water partition coefficient (Wildman–Crippen LogP) is 5.76. The highest BCUT2D eigenvalue weighted by atomic mass is 16.5. The number of hydrogen-bond acceptors (Lipinski definition) is 4. The molecule has 0 N–H and O–H groups in total. The van der Waals surface area contributed by atoms with E-state index in [1.54, 1.807) is 6.92 Å². The molecule has 4 heteroatoms. The third-order valence-electron chi connectivity index (χ3n) is 3.52. The van der Waals surface area contributed by atoms with E-state index < -0.39 is 0 Å². The van der Waals surface area contributed by atoms with Crippen molar-refractivity contribution in [2.45, 2.75) is 91.6 Å². The van der Waals surface area contributed by atoms with Crippen molar-refractivity contribution in [3.05, 3.63) is 24.8 Å². The molecule has 0 aromatic rings. The lowest BCUT2D eigenvalue weighted by Crippen LogP contribution is -2.16. The Morgan fingerprint density at radius 1 is 0.960 bits per heavy atom. The fraction of sp³-hybridized carbons (Fsp3) is 0.714. The number of rotatable bonds is 13. The van der Waals surface area contributed by atoms with Gasteiger partial charge in [0.1, 0.15) is 6.10 Å². The third kappa shape index (κ3) is 18.6. The van der Waals surface area contributed by atoms with Gasteiger partial charge in [0.15, 0.2) is 0 Å². The van der Waals surface area contributed by atoms with E-state index in [9.17, 15) is 9.59 Å². The zero-order valence-corrected chi connectivity index (χ0v) is 16.8. The molecule has 0 saturated carbocycles. The quantitative estimate of drug-likeness (QED) is 0.240. The SMILES string of the molecule is C=C(C)C(=O)OCCCCCC.C=CC(=O)OC(CCC)CCCC. The zero-order chi connectivity index (χ0) is 19.5. The predicted molar refractivity (Wildman–Crippen MR) is 104 cm³/mol. The molecule has 0 spiro atoms. The standard InChI is InChI=1S/C11H20O2.C10H18O2/c1-4-7-9-10(8-5-2)13-11(12)6-3;1-4-5-6-7-8-12-10(11)9(2)3/h6,10H,3-5,7-9H2,1-2H3;2,4-8H2,1,3H3. The first-order valence-electron chi connectivity index (χ1n) is 9.58. The second-order valence-corrected chi connectivity index (χ2v) is 6.17. The molecule has 0 rings (SSSR count). The summed E-state index contributed by atoms with van der Waals surface area (Å²) >= 11 is 0. The first-order chi connectivity index (χ1) is 11.9. The maximum atomic E-state index is 10.9. The minimum absolute atomic E-state index is 0.0930. The van der Waals surface area contributed by atoms with Crippen molar-refractivity contribution in [2.24, 2.45) is 0 Å². The Balaban J connectivity index is 0. The van der Waals surface area contributed by atoms with Gasteiger partial charge in [0.05, 0.1) is 6.61 Å². The van der Waals surface area contributed by atoms with Crippen LogP contribution in [0.5, 0.6) is 0 Å². The fourth-order valence-electron chi connectivity index (χ4n) is 2.05. The van der Waals surface area contributed by atoms with Gasteiger partial charge in [-0.3, -0.25) is 0 Å². The molecule has 0 aliphatic heterocycles. The van der Waals surface area contributed by atoms with Gasteiger partial charge in [-0.05, 0) is 26.2 Å². The average Bonchev–Trinajstić information content (AvgIpc) is 2.59. The minimum Gasteiger partial charge on any atom is -0.462 e. The summed E-state index contributed by atoms with van der Waals surface area (Å²) in [7, 11) is 0. The van der Waals surface area contributed by atoms with Crippen LogP contribution in [-0.2, 0) is 19.1 Å². The maximum absolute atomic E-state index is 10.9. The van der Waals surface area contributed by atoms with Crippen LogP contribution in [0.15, 0.2) is 24.8 Å². The first kappa shape index (κ1) is 25.7. The molecule has 0 aliphatic carbocycles. The molecule has 0 amide bonds. The lowest BCUT2D eigenvalue weighted by atomic mass is 10.1. The zero-order valence-electron chi connectivity index (χ0n) is 16.8. The van der Waals surface area contributed by atoms with Gasteiger partial charge in [-0.2, -0.15) is 0 Å². The van der Waals surface area contributed by atoms with Crippen LogP contribution >= 0.6 is 0 Å². The molecule has 0 aliphatic rings. The molecule has 1 atom stereocenters. The van der Waals surface area contributed by atoms with Crippen LogP contribution in [-0.4, -0.2) is 24.6 Å². The maximum Gasteiger partial charge on any atom is 0.333 e. The lowest BCUT2D eigenvalue weighted by molar-refractivity contribution is -0.143. The summed E-state index contributed by atoms with van der Waals surface area (Å²) in [5.74, 6) is -0.568. The summed E-state index contributed by atoms with van der Waals surface area (Å²) < 4.78 is 10.1. The van der Waals surface area contributed by atoms with Crippen molar-refractivity contribution < 1.29 is 19.1 Å². The number of ether oxygens (including phenoxy) is 2. The van der Waals surface area contributed by atoms with E-state index >= 15 is 0 Å². The van der Waals surface area contributed by atoms with Gasteiger partial charge < -0.3 is 9.47 Å². The molecule has 1 unspecified atom stereocenters.